The average Bonchev–Trinajstić information content (AvgIpc) is 2.89. The Bertz CT molecular complexity index is 734. The molecule has 104 valence electrons. The Hall–Kier alpha value is -2.14. The lowest BCUT2D eigenvalue weighted by atomic mass is 10.1. The van der Waals surface area contributed by atoms with Gasteiger partial charge in [0.1, 0.15) is 6.61 Å². The summed E-state index contributed by atoms with van der Waals surface area (Å²) in [5.41, 5.74) is 3.48. The minimum atomic E-state index is -0.213. The molecule has 1 amide bonds. The number of carbonyl (C=O) groups is 1. The van der Waals surface area contributed by atoms with Gasteiger partial charge in [0, 0.05) is 23.7 Å². The van der Waals surface area contributed by atoms with Gasteiger partial charge in [-0.1, -0.05) is 6.07 Å². The van der Waals surface area contributed by atoms with E-state index < -0.39 is 0 Å². The molecule has 2 aromatic rings. The van der Waals surface area contributed by atoms with Crippen LogP contribution < -0.4 is 10.9 Å². The SMILES string of the molecule is COCC(=O)Nc1ccc2c3c(c(=O)[nH]c2c1)CCC3. The largest absolute Gasteiger partial charge is 0.375 e. The number of nitrogens with one attached hydrogen (secondary N) is 2. The first kappa shape index (κ1) is 12.9. The summed E-state index contributed by atoms with van der Waals surface area (Å²) in [7, 11) is 1.47. The van der Waals surface area contributed by atoms with Crippen LogP contribution in [0.3, 0.4) is 0 Å². The summed E-state index contributed by atoms with van der Waals surface area (Å²) in [5.74, 6) is -0.213. The van der Waals surface area contributed by atoms with Crippen molar-refractivity contribution in [1.82, 2.24) is 4.98 Å². The highest BCUT2D eigenvalue weighted by Crippen LogP contribution is 2.27. The van der Waals surface area contributed by atoms with Gasteiger partial charge in [0.15, 0.2) is 0 Å². The van der Waals surface area contributed by atoms with Gasteiger partial charge in [-0.15, -0.1) is 0 Å². The number of hydrogen-bond acceptors (Lipinski definition) is 3. The summed E-state index contributed by atoms with van der Waals surface area (Å²) in [6.07, 6.45) is 2.84. The molecule has 2 N–H and O–H groups in total. The minimum Gasteiger partial charge on any atom is -0.375 e. The molecule has 3 rings (SSSR count). The van der Waals surface area contributed by atoms with Crippen LogP contribution in [0.5, 0.6) is 0 Å². The quantitative estimate of drug-likeness (QED) is 0.891. The standard InChI is InChI=1S/C15H16N2O3/c1-20-8-14(18)16-9-5-6-11-10-3-2-4-12(10)15(19)17-13(11)7-9/h5-7H,2-4,8H2,1H3,(H,16,18)(H,17,19). The van der Waals surface area contributed by atoms with Crippen molar-refractivity contribution in [2.75, 3.05) is 19.0 Å². The van der Waals surface area contributed by atoms with Gasteiger partial charge in [-0.2, -0.15) is 0 Å². The van der Waals surface area contributed by atoms with Gasteiger partial charge in [-0.05, 0) is 37.0 Å². The van der Waals surface area contributed by atoms with Gasteiger partial charge in [0.2, 0.25) is 5.91 Å². The molecule has 0 bridgehead atoms. The van der Waals surface area contributed by atoms with Crippen LogP contribution in [-0.2, 0) is 22.4 Å². The Kier molecular flexibility index (Phi) is 3.28. The normalized spacial score (nSPS) is 13.4. The van der Waals surface area contributed by atoms with E-state index in [4.69, 9.17) is 4.74 Å². The lowest BCUT2D eigenvalue weighted by Gasteiger charge is -2.08. The van der Waals surface area contributed by atoms with E-state index in [1.54, 1.807) is 6.07 Å². The molecule has 1 aromatic heterocycles. The van der Waals surface area contributed by atoms with Crippen molar-refractivity contribution >= 4 is 22.5 Å². The number of carbonyl (C=O) groups excluding carboxylic acids is 1. The third-order valence-electron chi connectivity index (χ3n) is 3.64. The predicted molar refractivity (Wildman–Crippen MR) is 77.1 cm³/mol. The second-order valence-corrected chi connectivity index (χ2v) is 5.01. The average molecular weight is 272 g/mol. The maximum Gasteiger partial charge on any atom is 0.251 e. The van der Waals surface area contributed by atoms with Crippen LogP contribution in [-0.4, -0.2) is 24.6 Å². The molecule has 0 saturated carbocycles. The third kappa shape index (κ3) is 2.20. The number of hydrogen-bond donors (Lipinski definition) is 2. The first-order valence-corrected chi connectivity index (χ1v) is 6.65. The van der Waals surface area contributed by atoms with Crippen molar-refractivity contribution < 1.29 is 9.53 Å². The zero-order valence-corrected chi connectivity index (χ0v) is 11.3. The number of amides is 1. The number of H-pyrrole nitrogens is 1. The molecule has 5 nitrogen and oxygen atoms in total. The molecule has 1 heterocycles. The molecule has 1 aliphatic carbocycles. The summed E-state index contributed by atoms with van der Waals surface area (Å²) >= 11 is 0. The van der Waals surface area contributed by atoms with Crippen molar-refractivity contribution in [2.24, 2.45) is 0 Å². The number of fused-ring (bicyclic) bond motifs is 3. The van der Waals surface area contributed by atoms with Crippen LogP contribution in [0.1, 0.15) is 17.5 Å². The number of rotatable bonds is 3. The lowest BCUT2D eigenvalue weighted by Crippen LogP contribution is -2.17. The molecule has 1 aliphatic rings. The molecule has 0 radical (unpaired) electrons. The maximum absolute atomic E-state index is 12.0. The van der Waals surface area contributed by atoms with E-state index in [-0.39, 0.29) is 18.1 Å². The van der Waals surface area contributed by atoms with E-state index in [1.165, 1.54) is 7.11 Å². The van der Waals surface area contributed by atoms with Gasteiger partial charge >= 0.3 is 0 Å². The smallest absolute Gasteiger partial charge is 0.251 e. The molecule has 1 aromatic carbocycles. The van der Waals surface area contributed by atoms with Crippen LogP contribution in [0.15, 0.2) is 23.0 Å². The van der Waals surface area contributed by atoms with Gasteiger partial charge in [-0.3, -0.25) is 9.59 Å². The Morgan fingerprint density at radius 3 is 2.95 bits per heavy atom. The van der Waals surface area contributed by atoms with Gasteiger partial charge in [0.25, 0.3) is 5.56 Å². The second kappa shape index (κ2) is 5.09. The van der Waals surface area contributed by atoms with Crippen molar-refractivity contribution in [3.8, 4) is 0 Å². The van der Waals surface area contributed by atoms with Crippen molar-refractivity contribution in [3.63, 3.8) is 0 Å². The highest BCUT2D eigenvalue weighted by molar-refractivity contribution is 5.95. The fraction of sp³-hybridized carbons (Fsp3) is 0.333. The van der Waals surface area contributed by atoms with Crippen molar-refractivity contribution in [2.45, 2.75) is 19.3 Å². The number of anilines is 1. The van der Waals surface area contributed by atoms with Crippen LogP contribution in [0.4, 0.5) is 5.69 Å². The Morgan fingerprint density at radius 1 is 1.35 bits per heavy atom. The van der Waals surface area contributed by atoms with Crippen molar-refractivity contribution in [1.29, 1.82) is 0 Å². The molecule has 0 atom stereocenters. The lowest BCUT2D eigenvalue weighted by molar-refractivity contribution is -0.119. The van der Waals surface area contributed by atoms with E-state index in [1.807, 2.05) is 12.1 Å². The van der Waals surface area contributed by atoms with E-state index >= 15 is 0 Å². The molecule has 20 heavy (non-hydrogen) atoms. The second-order valence-electron chi connectivity index (χ2n) is 5.01. The van der Waals surface area contributed by atoms with E-state index in [0.29, 0.717) is 5.69 Å². The number of aromatic nitrogens is 1. The maximum atomic E-state index is 12.0. The van der Waals surface area contributed by atoms with Crippen LogP contribution in [0.25, 0.3) is 10.9 Å². The molecule has 0 saturated heterocycles. The van der Waals surface area contributed by atoms with Crippen LogP contribution in [0, 0.1) is 0 Å². The number of pyridine rings is 1. The number of methoxy groups -OCH3 is 1. The number of aromatic amines is 1. The summed E-state index contributed by atoms with van der Waals surface area (Å²) in [4.78, 5) is 26.4. The fourth-order valence-corrected chi connectivity index (χ4v) is 2.81. The van der Waals surface area contributed by atoms with Gasteiger partial charge in [0.05, 0.1) is 5.52 Å². The zero-order valence-electron chi connectivity index (χ0n) is 11.3. The highest BCUT2D eigenvalue weighted by atomic mass is 16.5. The minimum absolute atomic E-state index is 0.00892. The molecular weight excluding hydrogens is 256 g/mol. The highest BCUT2D eigenvalue weighted by Gasteiger charge is 2.17. The summed E-state index contributed by atoms with van der Waals surface area (Å²) in [6.45, 7) is 0.0126. The molecular formula is C15H16N2O3. The van der Waals surface area contributed by atoms with E-state index in [2.05, 4.69) is 10.3 Å². The summed E-state index contributed by atoms with van der Waals surface area (Å²) in [5, 5.41) is 3.81. The topological polar surface area (TPSA) is 71.2 Å². The Balaban J connectivity index is 2.02. The van der Waals surface area contributed by atoms with Crippen LogP contribution in [0.2, 0.25) is 0 Å². The molecule has 5 heteroatoms. The molecule has 0 fully saturated rings. The fourth-order valence-electron chi connectivity index (χ4n) is 2.81. The molecule has 0 aliphatic heterocycles. The zero-order chi connectivity index (χ0) is 14.1. The third-order valence-corrected chi connectivity index (χ3v) is 3.64. The van der Waals surface area contributed by atoms with Gasteiger partial charge < -0.3 is 15.0 Å². The summed E-state index contributed by atoms with van der Waals surface area (Å²) < 4.78 is 4.77. The first-order valence-electron chi connectivity index (χ1n) is 6.65. The first-order chi connectivity index (χ1) is 9.69. The number of aryl methyl sites for hydroxylation is 1. The Morgan fingerprint density at radius 2 is 2.15 bits per heavy atom. The Labute approximate surface area is 116 Å². The van der Waals surface area contributed by atoms with E-state index in [9.17, 15) is 9.59 Å². The van der Waals surface area contributed by atoms with Crippen LogP contribution >= 0.6 is 0 Å². The van der Waals surface area contributed by atoms with E-state index in [0.717, 1.165) is 41.3 Å². The predicted octanol–water partition coefficient (Wildman–Crippen LogP) is 1.60. The monoisotopic (exact) mass is 272 g/mol. The number of ether oxygens (including phenoxy) is 1. The van der Waals surface area contributed by atoms with Gasteiger partial charge in [-0.25, -0.2) is 0 Å². The molecule has 0 spiro atoms. The number of benzene rings is 1. The summed E-state index contributed by atoms with van der Waals surface area (Å²) in [6, 6.07) is 5.60. The van der Waals surface area contributed by atoms with Crippen molar-refractivity contribution in [3.05, 3.63) is 39.7 Å². The molecule has 0 unspecified atom stereocenters.